The van der Waals surface area contributed by atoms with E-state index in [1.54, 1.807) is 0 Å². The Kier molecular flexibility index (Phi) is 4.31. The van der Waals surface area contributed by atoms with Crippen LogP contribution < -0.4 is 0 Å². The van der Waals surface area contributed by atoms with E-state index in [0.717, 1.165) is 36.6 Å². The summed E-state index contributed by atoms with van der Waals surface area (Å²) in [5.74, 6) is 0.446. The Balaban J connectivity index is 2.64. The molecule has 102 valence electrons. The lowest BCUT2D eigenvalue weighted by molar-refractivity contribution is 0.112. The molecule has 0 aliphatic heterocycles. The predicted molar refractivity (Wildman–Crippen MR) is 81.3 cm³/mol. The number of nitrogens with zero attached hydrogens (tertiary/aromatic N) is 1. The van der Waals surface area contributed by atoms with E-state index < -0.39 is 0 Å². The highest BCUT2D eigenvalue weighted by Crippen LogP contribution is 2.31. The fraction of sp³-hybridized carbons (Fsp3) is 0.438. The van der Waals surface area contributed by atoms with Crippen LogP contribution in [0, 0.1) is 0 Å². The molecule has 0 radical (unpaired) electrons. The van der Waals surface area contributed by atoms with E-state index in [0.29, 0.717) is 16.6 Å². The zero-order chi connectivity index (χ0) is 14.0. The van der Waals surface area contributed by atoms with Crippen molar-refractivity contribution in [1.82, 2.24) is 4.57 Å². The van der Waals surface area contributed by atoms with Crippen LogP contribution in [0.4, 0.5) is 0 Å². The highest BCUT2D eigenvalue weighted by atomic mass is 35.5. The maximum Gasteiger partial charge on any atom is 0.153 e. The second-order valence-electron chi connectivity index (χ2n) is 5.26. The van der Waals surface area contributed by atoms with Crippen molar-refractivity contribution in [1.29, 1.82) is 0 Å². The van der Waals surface area contributed by atoms with Gasteiger partial charge in [-0.2, -0.15) is 0 Å². The average Bonchev–Trinajstić information content (AvgIpc) is 2.66. The van der Waals surface area contributed by atoms with E-state index in [1.807, 2.05) is 4.57 Å². The summed E-state index contributed by atoms with van der Waals surface area (Å²) < 4.78 is 2.05. The van der Waals surface area contributed by atoms with Crippen molar-refractivity contribution in [2.24, 2.45) is 0 Å². The molecular formula is C16H20ClNO. The Morgan fingerprint density at radius 3 is 2.68 bits per heavy atom. The van der Waals surface area contributed by atoms with Crippen LogP contribution in [0.15, 0.2) is 18.2 Å². The molecule has 0 fully saturated rings. The molecule has 0 aliphatic rings. The zero-order valence-corrected chi connectivity index (χ0v) is 12.5. The SMILES string of the molecule is CCCCn1c(Cl)c(C=O)c2cc(C(C)C)ccc21. The highest BCUT2D eigenvalue weighted by molar-refractivity contribution is 6.34. The van der Waals surface area contributed by atoms with Gasteiger partial charge in [-0.15, -0.1) is 0 Å². The van der Waals surface area contributed by atoms with Gasteiger partial charge < -0.3 is 4.57 Å². The lowest BCUT2D eigenvalue weighted by Crippen LogP contribution is -1.97. The van der Waals surface area contributed by atoms with Crippen LogP contribution in [0.2, 0.25) is 5.15 Å². The first-order chi connectivity index (χ1) is 9.10. The molecule has 19 heavy (non-hydrogen) atoms. The lowest BCUT2D eigenvalue weighted by Gasteiger charge is -2.08. The summed E-state index contributed by atoms with van der Waals surface area (Å²) in [6, 6.07) is 6.30. The van der Waals surface area contributed by atoms with Gasteiger partial charge in [0.15, 0.2) is 6.29 Å². The number of aldehydes is 1. The molecular weight excluding hydrogens is 258 g/mol. The summed E-state index contributed by atoms with van der Waals surface area (Å²) in [5.41, 5.74) is 2.92. The minimum Gasteiger partial charge on any atom is -0.331 e. The van der Waals surface area contributed by atoms with Crippen LogP contribution in [-0.2, 0) is 6.54 Å². The molecule has 0 unspecified atom stereocenters. The first-order valence-electron chi connectivity index (χ1n) is 6.87. The van der Waals surface area contributed by atoms with Crippen molar-refractivity contribution in [3.63, 3.8) is 0 Å². The Hall–Kier alpha value is -1.28. The molecule has 0 saturated carbocycles. The number of aromatic nitrogens is 1. The Morgan fingerprint density at radius 2 is 2.11 bits per heavy atom. The van der Waals surface area contributed by atoms with Crippen molar-refractivity contribution >= 4 is 28.8 Å². The highest BCUT2D eigenvalue weighted by Gasteiger charge is 2.15. The van der Waals surface area contributed by atoms with Gasteiger partial charge in [0.2, 0.25) is 0 Å². The topological polar surface area (TPSA) is 22.0 Å². The van der Waals surface area contributed by atoms with Gasteiger partial charge in [-0.1, -0.05) is 44.9 Å². The molecule has 0 N–H and O–H groups in total. The van der Waals surface area contributed by atoms with Crippen LogP contribution in [0.25, 0.3) is 10.9 Å². The largest absolute Gasteiger partial charge is 0.331 e. The Morgan fingerprint density at radius 1 is 1.37 bits per heavy atom. The van der Waals surface area contributed by atoms with Gasteiger partial charge in [0.25, 0.3) is 0 Å². The summed E-state index contributed by atoms with van der Waals surface area (Å²) >= 11 is 6.35. The number of hydrogen-bond acceptors (Lipinski definition) is 1. The minimum absolute atomic E-state index is 0.446. The molecule has 1 heterocycles. The van der Waals surface area contributed by atoms with Crippen molar-refractivity contribution < 1.29 is 4.79 Å². The van der Waals surface area contributed by atoms with Crippen LogP contribution in [0.1, 0.15) is 55.5 Å². The van der Waals surface area contributed by atoms with Crippen molar-refractivity contribution in [3.05, 3.63) is 34.5 Å². The summed E-state index contributed by atoms with van der Waals surface area (Å²) in [6.45, 7) is 7.31. The molecule has 0 aliphatic carbocycles. The second kappa shape index (κ2) is 5.79. The third-order valence-electron chi connectivity index (χ3n) is 3.58. The van der Waals surface area contributed by atoms with E-state index in [2.05, 4.69) is 39.0 Å². The lowest BCUT2D eigenvalue weighted by atomic mass is 10.0. The van der Waals surface area contributed by atoms with Crippen molar-refractivity contribution in [2.45, 2.75) is 46.1 Å². The number of hydrogen-bond donors (Lipinski definition) is 0. The van der Waals surface area contributed by atoms with Gasteiger partial charge in [0.05, 0.1) is 5.56 Å². The van der Waals surface area contributed by atoms with Gasteiger partial charge in [-0.05, 0) is 30.0 Å². The normalized spacial score (nSPS) is 11.4. The fourth-order valence-electron chi connectivity index (χ4n) is 2.37. The smallest absolute Gasteiger partial charge is 0.153 e. The molecule has 0 atom stereocenters. The van der Waals surface area contributed by atoms with E-state index in [9.17, 15) is 4.79 Å². The molecule has 0 saturated heterocycles. The molecule has 0 spiro atoms. The summed E-state index contributed by atoms with van der Waals surface area (Å²) in [7, 11) is 0. The third kappa shape index (κ3) is 2.55. The molecule has 3 heteroatoms. The number of carbonyl (C=O) groups is 1. The maximum absolute atomic E-state index is 11.3. The first kappa shape index (κ1) is 14.1. The minimum atomic E-state index is 0.446. The van der Waals surface area contributed by atoms with Crippen LogP contribution in [0.3, 0.4) is 0 Å². The van der Waals surface area contributed by atoms with Gasteiger partial charge in [0, 0.05) is 17.4 Å². The van der Waals surface area contributed by atoms with Gasteiger partial charge in [-0.3, -0.25) is 4.79 Å². The number of carbonyl (C=O) groups excluding carboxylic acids is 1. The molecule has 0 amide bonds. The Labute approximate surface area is 119 Å². The monoisotopic (exact) mass is 277 g/mol. The molecule has 2 rings (SSSR count). The number of benzene rings is 1. The van der Waals surface area contributed by atoms with Crippen molar-refractivity contribution in [2.75, 3.05) is 0 Å². The molecule has 0 bridgehead atoms. The van der Waals surface area contributed by atoms with Crippen LogP contribution in [0.5, 0.6) is 0 Å². The van der Waals surface area contributed by atoms with Gasteiger partial charge in [0.1, 0.15) is 5.15 Å². The van der Waals surface area contributed by atoms with Crippen molar-refractivity contribution in [3.8, 4) is 0 Å². The number of aryl methyl sites for hydroxylation is 1. The second-order valence-corrected chi connectivity index (χ2v) is 5.62. The molecule has 2 nitrogen and oxygen atoms in total. The van der Waals surface area contributed by atoms with Gasteiger partial charge in [-0.25, -0.2) is 0 Å². The average molecular weight is 278 g/mol. The standard InChI is InChI=1S/C16H20ClNO/c1-4-5-8-18-15-7-6-12(11(2)3)9-13(15)14(10-19)16(18)17/h6-7,9-11H,4-5,8H2,1-3H3. The quantitative estimate of drug-likeness (QED) is 0.703. The van der Waals surface area contributed by atoms with E-state index in [4.69, 9.17) is 11.6 Å². The number of unbranched alkanes of at least 4 members (excludes halogenated alkanes) is 1. The molecule has 1 aromatic carbocycles. The molecule has 1 aromatic heterocycles. The fourth-order valence-corrected chi connectivity index (χ4v) is 2.70. The Bertz CT molecular complexity index is 598. The summed E-state index contributed by atoms with van der Waals surface area (Å²) in [6.07, 6.45) is 3.04. The van der Waals surface area contributed by atoms with Gasteiger partial charge >= 0.3 is 0 Å². The number of fused-ring (bicyclic) bond motifs is 1. The number of rotatable bonds is 5. The van der Waals surface area contributed by atoms with E-state index in [1.165, 1.54) is 5.56 Å². The number of halogens is 1. The van der Waals surface area contributed by atoms with Crippen LogP contribution in [-0.4, -0.2) is 10.9 Å². The zero-order valence-electron chi connectivity index (χ0n) is 11.7. The maximum atomic E-state index is 11.3. The third-order valence-corrected chi connectivity index (χ3v) is 3.99. The summed E-state index contributed by atoms with van der Waals surface area (Å²) in [5, 5.41) is 1.54. The van der Waals surface area contributed by atoms with E-state index >= 15 is 0 Å². The summed E-state index contributed by atoms with van der Waals surface area (Å²) in [4.78, 5) is 11.3. The van der Waals surface area contributed by atoms with Crippen LogP contribution >= 0.6 is 11.6 Å². The van der Waals surface area contributed by atoms with E-state index in [-0.39, 0.29) is 0 Å². The first-order valence-corrected chi connectivity index (χ1v) is 7.24. The molecule has 2 aromatic rings. The predicted octanol–water partition coefficient (Wildman–Crippen LogP) is 5.03.